The van der Waals surface area contributed by atoms with Gasteiger partial charge in [0.2, 0.25) is 20.0 Å². The van der Waals surface area contributed by atoms with Crippen LogP contribution in [0.2, 0.25) is 10.0 Å². The van der Waals surface area contributed by atoms with Gasteiger partial charge in [0.1, 0.15) is 32.8 Å². The van der Waals surface area contributed by atoms with Gasteiger partial charge in [0.25, 0.3) is 0 Å². The molecular formula is C44H42Cl2F6N6O8S4. The molecule has 2 aliphatic rings. The van der Waals surface area contributed by atoms with Crippen LogP contribution in [-0.2, 0) is 32.4 Å². The summed E-state index contributed by atoms with van der Waals surface area (Å²) in [4.78, 5) is 12.1. The van der Waals surface area contributed by atoms with E-state index >= 15 is 0 Å². The van der Waals surface area contributed by atoms with Gasteiger partial charge in [0, 0.05) is 80.3 Å². The summed E-state index contributed by atoms with van der Waals surface area (Å²) >= 11 is 14.7. The molecule has 2 fully saturated rings. The number of hydrogen-bond acceptors (Lipinski definition) is 14. The van der Waals surface area contributed by atoms with E-state index in [1.807, 2.05) is 32.7 Å². The van der Waals surface area contributed by atoms with Gasteiger partial charge in [-0.25, -0.2) is 26.8 Å². The molecule has 0 aliphatic carbocycles. The highest BCUT2D eigenvalue weighted by Crippen LogP contribution is 2.40. The zero-order valence-corrected chi connectivity index (χ0v) is 42.1. The van der Waals surface area contributed by atoms with Crippen molar-refractivity contribution in [1.29, 1.82) is 0 Å². The molecule has 4 aromatic carbocycles. The molecule has 0 radical (unpaired) electrons. The number of alkyl halides is 6. The zero-order chi connectivity index (χ0) is 50.8. The van der Waals surface area contributed by atoms with Crippen LogP contribution in [-0.4, -0.2) is 116 Å². The van der Waals surface area contributed by atoms with Crippen LogP contribution in [0.25, 0.3) is 22.5 Å². The second kappa shape index (κ2) is 21.3. The number of halogens is 8. The van der Waals surface area contributed by atoms with Gasteiger partial charge >= 0.3 is 12.4 Å². The van der Waals surface area contributed by atoms with Gasteiger partial charge in [-0.1, -0.05) is 23.2 Å². The van der Waals surface area contributed by atoms with Crippen molar-refractivity contribution in [3.05, 3.63) is 105 Å². The van der Waals surface area contributed by atoms with E-state index in [1.54, 1.807) is 52.7 Å². The van der Waals surface area contributed by atoms with Crippen LogP contribution in [0, 0.1) is 0 Å². The zero-order valence-electron chi connectivity index (χ0n) is 37.3. The van der Waals surface area contributed by atoms with Crippen LogP contribution in [0.15, 0.2) is 93.3 Å². The molecule has 0 bridgehead atoms. The highest BCUT2D eigenvalue weighted by atomic mass is 35.5. The number of hydrogen-bond donors (Lipinski definition) is 0. The highest BCUT2D eigenvalue weighted by Gasteiger charge is 2.38. The van der Waals surface area contributed by atoms with Crippen molar-refractivity contribution in [1.82, 2.24) is 18.6 Å². The minimum Gasteiger partial charge on any atom is -0.497 e. The van der Waals surface area contributed by atoms with E-state index in [2.05, 4.69) is 9.97 Å². The van der Waals surface area contributed by atoms with E-state index < -0.39 is 53.3 Å². The molecule has 0 amide bonds. The van der Waals surface area contributed by atoms with E-state index in [4.69, 9.17) is 42.1 Å². The number of rotatable bonds is 12. The molecule has 70 heavy (non-hydrogen) atoms. The van der Waals surface area contributed by atoms with E-state index in [0.717, 1.165) is 44.0 Å². The fraction of sp³-hybridized carbons (Fsp3) is 0.318. The van der Waals surface area contributed by atoms with Gasteiger partial charge in [0.05, 0.1) is 61.0 Å². The molecule has 26 heteroatoms. The summed E-state index contributed by atoms with van der Waals surface area (Å²) in [6.45, 7) is 1.59. The van der Waals surface area contributed by atoms with Gasteiger partial charge in [-0.3, -0.25) is 0 Å². The molecule has 2 saturated heterocycles. The Morgan fingerprint density at radius 3 is 1.34 bits per heavy atom. The van der Waals surface area contributed by atoms with Crippen molar-refractivity contribution in [2.75, 3.05) is 90.6 Å². The summed E-state index contributed by atoms with van der Waals surface area (Å²) in [5.41, 5.74) is 0.804. The lowest BCUT2D eigenvalue weighted by Crippen LogP contribution is -2.48. The number of nitrogens with zero attached hydrogens (tertiary/aromatic N) is 6. The second-order valence-electron chi connectivity index (χ2n) is 15.2. The molecule has 2 aromatic heterocycles. The molecule has 0 atom stereocenters. The molecular weight excluding hydrogens is 1050 g/mol. The summed E-state index contributed by atoms with van der Waals surface area (Å²) < 4.78 is 155. The third-order valence-electron chi connectivity index (χ3n) is 11.1. The Morgan fingerprint density at radius 1 is 0.514 bits per heavy atom. The highest BCUT2D eigenvalue weighted by molar-refractivity contribution is 7.89. The normalized spacial score (nSPS) is 15.3. The fourth-order valence-corrected chi connectivity index (χ4v) is 13.0. The molecule has 0 spiro atoms. The average molecular weight is 1100 g/mol. The third-order valence-corrected chi connectivity index (χ3v) is 17.7. The minimum atomic E-state index is -4.68. The van der Waals surface area contributed by atoms with Gasteiger partial charge in [0.15, 0.2) is 10.3 Å². The smallest absolute Gasteiger partial charge is 0.416 e. The number of sulfonamides is 2. The Bertz CT molecular complexity index is 3050. The Morgan fingerprint density at radius 2 is 0.929 bits per heavy atom. The predicted octanol–water partition coefficient (Wildman–Crippen LogP) is 10.0. The van der Waals surface area contributed by atoms with Crippen LogP contribution in [0.3, 0.4) is 0 Å². The molecule has 6 aromatic rings. The largest absolute Gasteiger partial charge is 0.497 e. The lowest BCUT2D eigenvalue weighted by molar-refractivity contribution is -0.138. The molecule has 0 N–H and O–H groups in total. The average Bonchev–Trinajstić information content (AvgIpc) is 4.05. The van der Waals surface area contributed by atoms with Crippen molar-refractivity contribution in [2.24, 2.45) is 0 Å². The molecule has 14 nitrogen and oxygen atoms in total. The van der Waals surface area contributed by atoms with E-state index in [-0.39, 0.29) is 36.2 Å². The van der Waals surface area contributed by atoms with Crippen LogP contribution in [0.1, 0.15) is 11.1 Å². The van der Waals surface area contributed by atoms with Crippen LogP contribution >= 0.6 is 45.9 Å². The number of benzene rings is 4. The lowest BCUT2D eigenvalue weighted by Gasteiger charge is -2.34. The fourth-order valence-electron chi connectivity index (χ4n) is 7.36. The molecule has 0 saturated carbocycles. The quantitative estimate of drug-likeness (QED) is 0.108. The number of anilines is 2. The maximum atomic E-state index is 13.1. The van der Waals surface area contributed by atoms with Crippen molar-refractivity contribution < 1.29 is 62.1 Å². The number of ether oxygens (including phenoxy) is 4. The Labute approximate surface area is 417 Å². The van der Waals surface area contributed by atoms with Crippen LogP contribution < -0.4 is 28.7 Å². The first-order chi connectivity index (χ1) is 33.1. The predicted molar refractivity (Wildman–Crippen MR) is 256 cm³/mol. The van der Waals surface area contributed by atoms with Crippen LogP contribution in [0.5, 0.6) is 23.0 Å². The minimum absolute atomic E-state index is 0.0757. The number of methoxy groups -OCH3 is 4. The van der Waals surface area contributed by atoms with E-state index in [0.29, 0.717) is 83.0 Å². The van der Waals surface area contributed by atoms with Crippen molar-refractivity contribution in [2.45, 2.75) is 22.1 Å². The Balaban J connectivity index is 0.000000206. The van der Waals surface area contributed by atoms with Crippen molar-refractivity contribution in [3.8, 4) is 45.5 Å². The molecule has 2 aliphatic heterocycles. The Kier molecular flexibility index (Phi) is 16.1. The summed E-state index contributed by atoms with van der Waals surface area (Å²) in [5.74, 6) is 2.55. The summed E-state index contributed by atoms with van der Waals surface area (Å²) in [5, 5.41) is 4.64. The van der Waals surface area contributed by atoms with Crippen molar-refractivity contribution in [3.63, 3.8) is 0 Å². The van der Waals surface area contributed by atoms with Gasteiger partial charge in [-0.05, 0) is 66.7 Å². The van der Waals surface area contributed by atoms with Gasteiger partial charge in [-0.2, -0.15) is 35.0 Å². The maximum Gasteiger partial charge on any atom is 0.416 e. The van der Waals surface area contributed by atoms with Gasteiger partial charge in [-0.15, -0.1) is 22.7 Å². The monoisotopic (exact) mass is 1090 g/mol. The lowest BCUT2D eigenvalue weighted by atomic mass is 10.1. The van der Waals surface area contributed by atoms with E-state index in [1.165, 1.54) is 22.7 Å². The molecule has 376 valence electrons. The first-order valence-electron chi connectivity index (χ1n) is 20.7. The van der Waals surface area contributed by atoms with Crippen molar-refractivity contribution >= 4 is 76.2 Å². The molecule has 0 unspecified atom stereocenters. The third kappa shape index (κ3) is 11.5. The maximum absolute atomic E-state index is 13.1. The first kappa shape index (κ1) is 52.7. The molecule has 4 heterocycles. The number of thiazole rings is 2. The standard InChI is InChI=1S/2C22H21ClF3N3O4S2/c1-32-15-4-5-16(19(12-15)33-2)18-13-34-21(27-18)28-7-9-29(10-8-28)35(30,31)20-11-14(22(24,25)26)3-6-17(20)23;1-32-15-4-6-19(33-2)16(12-15)18-13-34-21(27-18)28-7-9-29(10-8-28)35(30,31)20-11-14(22(24,25)26)3-5-17(20)23/h2*3-6,11-13H,7-10H2,1-2H3. The molecule has 8 rings (SSSR count). The van der Waals surface area contributed by atoms with Crippen LogP contribution in [0.4, 0.5) is 36.6 Å². The number of piperazine rings is 2. The second-order valence-corrected chi connectivity index (χ2v) is 21.5. The SMILES string of the molecule is COc1ccc(-c2csc(N3CCN(S(=O)(=O)c4cc(C(F)(F)F)ccc4Cl)CC3)n2)c(OC)c1.COc1ccc(OC)c(-c2csc(N3CCN(S(=O)(=O)c4cc(C(F)(F)F)ccc4Cl)CC3)n2)c1. The summed E-state index contributed by atoms with van der Waals surface area (Å²) in [6, 6.07) is 15.4. The number of aromatic nitrogens is 2. The van der Waals surface area contributed by atoms with Gasteiger partial charge < -0.3 is 28.7 Å². The summed E-state index contributed by atoms with van der Waals surface area (Å²) in [6.07, 6.45) is -9.36. The van der Waals surface area contributed by atoms with E-state index in [9.17, 15) is 43.2 Å². The summed E-state index contributed by atoms with van der Waals surface area (Å²) in [7, 11) is -2.16. The first-order valence-corrected chi connectivity index (χ1v) is 26.1. The Hall–Kier alpha value is -5.08. The topological polar surface area (TPSA) is 144 Å².